The minimum atomic E-state index is -0.372. The lowest BCUT2D eigenvalue weighted by molar-refractivity contribution is -0.168. The molecule has 0 atom stereocenters. The molecular weight excluding hydrogens is 122 g/mol. The first-order chi connectivity index (χ1) is 4.16. The van der Waals surface area contributed by atoms with Crippen molar-refractivity contribution in [2.75, 3.05) is 27.8 Å². The van der Waals surface area contributed by atoms with Gasteiger partial charge in [0.15, 0.2) is 6.61 Å². The Bertz CT molecular complexity index is 92.2. The SMILES string of the molecule is COC(=O)CON(C)C. The maximum Gasteiger partial charge on any atom is 0.333 e. The lowest BCUT2D eigenvalue weighted by Crippen LogP contribution is -2.19. The fourth-order valence-corrected chi connectivity index (χ4v) is 0.241. The predicted molar refractivity (Wildman–Crippen MR) is 31.7 cm³/mol. The molecule has 0 fully saturated rings. The lowest BCUT2D eigenvalue weighted by atomic mass is 10.7. The van der Waals surface area contributed by atoms with Gasteiger partial charge in [-0.05, 0) is 0 Å². The van der Waals surface area contributed by atoms with Crippen molar-refractivity contribution in [1.82, 2.24) is 5.06 Å². The van der Waals surface area contributed by atoms with E-state index in [1.54, 1.807) is 14.1 Å². The summed E-state index contributed by atoms with van der Waals surface area (Å²) in [4.78, 5) is 15.1. The van der Waals surface area contributed by atoms with Gasteiger partial charge < -0.3 is 4.74 Å². The van der Waals surface area contributed by atoms with Gasteiger partial charge in [0.25, 0.3) is 0 Å². The van der Waals surface area contributed by atoms with Crippen molar-refractivity contribution >= 4 is 5.97 Å². The minimum absolute atomic E-state index is 0.0243. The smallest absolute Gasteiger partial charge is 0.333 e. The third-order valence-corrected chi connectivity index (χ3v) is 0.668. The molecule has 0 aromatic rings. The molecular formula is C5H11NO3. The summed E-state index contributed by atoms with van der Waals surface area (Å²) in [6, 6.07) is 0. The summed E-state index contributed by atoms with van der Waals surface area (Å²) in [7, 11) is 4.72. The quantitative estimate of drug-likeness (QED) is 0.389. The van der Waals surface area contributed by atoms with Gasteiger partial charge in [-0.1, -0.05) is 0 Å². The second-order valence-corrected chi connectivity index (χ2v) is 1.66. The molecule has 0 spiro atoms. The number of hydrogen-bond acceptors (Lipinski definition) is 4. The highest BCUT2D eigenvalue weighted by Crippen LogP contribution is 1.79. The van der Waals surface area contributed by atoms with E-state index >= 15 is 0 Å². The van der Waals surface area contributed by atoms with Crippen LogP contribution in [0.15, 0.2) is 0 Å². The van der Waals surface area contributed by atoms with E-state index in [0.29, 0.717) is 0 Å². The molecule has 0 rings (SSSR count). The van der Waals surface area contributed by atoms with Crippen LogP contribution in [0.4, 0.5) is 0 Å². The van der Waals surface area contributed by atoms with E-state index in [1.807, 2.05) is 0 Å². The molecule has 0 unspecified atom stereocenters. The summed E-state index contributed by atoms with van der Waals surface area (Å²) in [5, 5.41) is 1.44. The molecule has 0 N–H and O–H groups in total. The summed E-state index contributed by atoms with van der Waals surface area (Å²) < 4.78 is 4.31. The second kappa shape index (κ2) is 4.29. The zero-order valence-corrected chi connectivity index (χ0v) is 5.88. The number of methoxy groups -OCH3 is 1. The Balaban J connectivity index is 3.17. The van der Waals surface area contributed by atoms with Crippen molar-refractivity contribution < 1.29 is 14.4 Å². The maximum atomic E-state index is 10.3. The summed E-state index contributed by atoms with van der Waals surface area (Å²) in [5.41, 5.74) is 0. The minimum Gasteiger partial charge on any atom is -0.467 e. The molecule has 0 heterocycles. The van der Waals surface area contributed by atoms with Crippen LogP contribution in [0, 0.1) is 0 Å². The summed E-state index contributed by atoms with van der Waals surface area (Å²) >= 11 is 0. The summed E-state index contributed by atoms with van der Waals surface area (Å²) in [6.45, 7) is -0.0243. The average Bonchev–Trinajstić information content (AvgIpc) is 1.83. The average molecular weight is 133 g/mol. The standard InChI is InChI=1S/C5H11NO3/c1-6(2)9-4-5(7)8-3/h4H2,1-3H3. The third kappa shape index (κ3) is 5.26. The first-order valence-corrected chi connectivity index (χ1v) is 2.54. The van der Waals surface area contributed by atoms with E-state index in [2.05, 4.69) is 4.74 Å². The van der Waals surface area contributed by atoms with Crippen LogP contribution < -0.4 is 0 Å². The van der Waals surface area contributed by atoms with Crippen LogP contribution in [0.1, 0.15) is 0 Å². The van der Waals surface area contributed by atoms with Crippen LogP contribution in [-0.2, 0) is 14.4 Å². The van der Waals surface area contributed by atoms with E-state index in [4.69, 9.17) is 4.84 Å². The molecule has 0 saturated carbocycles. The number of rotatable bonds is 3. The number of hydrogen-bond donors (Lipinski definition) is 0. The zero-order valence-electron chi connectivity index (χ0n) is 5.88. The van der Waals surface area contributed by atoms with Crippen molar-refractivity contribution in [1.29, 1.82) is 0 Å². The Morgan fingerprint density at radius 1 is 1.56 bits per heavy atom. The van der Waals surface area contributed by atoms with Crippen LogP contribution in [0.3, 0.4) is 0 Å². The van der Waals surface area contributed by atoms with Crippen molar-refractivity contribution in [2.45, 2.75) is 0 Å². The van der Waals surface area contributed by atoms with Gasteiger partial charge in [0.1, 0.15) is 0 Å². The van der Waals surface area contributed by atoms with Gasteiger partial charge in [0, 0.05) is 14.1 Å². The van der Waals surface area contributed by atoms with Crippen molar-refractivity contribution in [3.05, 3.63) is 0 Å². The molecule has 0 aromatic heterocycles. The molecule has 0 radical (unpaired) electrons. The second-order valence-electron chi connectivity index (χ2n) is 1.66. The van der Waals surface area contributed by atoms with Crippen molar-refractivity contribution in [3.63, 3.8) is 0 Å². The molecule has 0 aliphatic rings. The van der Waals surface area contributed by atoms with Gasteiger partial charge in [-0.3, -0.25) is 4.84 Å². The monoisotopic (exact) mass is 133 g/mol. The number of carbonyl (C=O) groups excluding carboxylic acids is 1. The Kier molecular flexibility index (Phi) is 4.00. The molecule has 0 bridgehead atoms. The number of nitrogens with zero attached hydrogens (tertiary/aromatic N) is 1. The molecule has 0 aliphatic carbocycles. The van der Waals surface area contributed by atoms with Gasteiger partial charge in [0.2, 0.25) is 0 Å². The maximum absolute atomic E-state index is 10.3. The largest absolute Gasteiger partial charge is 0.467 e. The summed E-state index contributed by atoms with van der Waals surface area (Å²) in [5.74, 6) is -0.372. The van der Waals surface area contributed by atoms with Gasteiger partial charge in [-0.15, -0.1) is 0 Å². The first-order valence-electron chi connectivity index (χ1n) is 2.54. The van der Waals surface area contributed by atoms with E-state index in [0.717, 1.165) is 0 Å². The van der Waals surface area contributed by atoms with E-state index < -0.39 is 0 Å². The van der Waals surface area contributed by atoms with Gasteiger partial charge in [-0.2, -0.15) is 5.06 Å². The number of hydroxylamine groups is 2. The van der Waals surface area contributed by atoms with Crippen LogP contribution in [0.25, 0.3) is 0 Å². The highest BCUT2D eigenvalue weighted by atomic mass is 16.7. The van der Waals surface area contributed by atoms with Gasteiger partial charge in [0.05, 0.1) is 7.11 Å². The Morgan fingerprint density at radius 2 is 2.11 bits per heavy atom. The zero-order chi connectivity index (χ0) is 7.28. The third-order valence-electron chi connectivity index (χ3n) is 0.668. The van der Waals surface area contributed by atoms with Crippen LogP contribution in [0.2, 0.25) is 0 Å². The Hall–Kier alpha value is -0.610. The Labute approximate surface area is 54.3 Å². The normalized spacial score (nSPS) is 9.78. The number of carbonyl (C=O) groups is 1. The molecule has 9 heavy (non-hydrogen) atoms. The van der Waals surface area contributed by atoms with E-state index in [1.165, 1.54) is 12.2 Å². The predicted octanol–water partition coefficient (Wildman–Crippen LogP) is -0.347. The molecule has 0 amide bonds. The number of esters is 1. The fraction of sp³-hybridized carbons (Fsp3) is 0.800. The molecule has 54 valence electrons. The highest BCUT2D eigenvalue weighted by Gasteiger charge is 1.99. The fourth-order valence-electron chi connectivity index (χ4n) is 0.241. The Morgan fingerprint density at radius 3 is 2.44 bits per heavy atom. The molecule has 4 heteroatoms. The van der Waals surface area contributed by atoms with Gasteiger partial charge >= 0.3 is 5.97 Å². The first kappa shape index (κ1) is 8.39. The highest BCUT2D eigenvalue weighted by molar-refractivity contribution is 5.70. The summed E-state index contributed by atoms with van der Waals surface area (Å²) in [6.07, 6.45) is 0. The van der Waals surface area contributed by atoms with Crippen molar-refractivity contribution in [2.24, 2.45) is 0 Å². The van der Waals surface area contributed by atoms with Crippen molar-refractivity contribution in [3.8, 4) is 0 Å². The van der Waals surface area contributed by atoms with E-state index in [-0.39, 0.29) is 12.6 Å². The van der Waals surface area contributed by atoms with Crippen LogP contribution in [-0.4, -0.2) is 38.8 Å². The van der Waals surface area contributed by atoms with Crippen LogP contribution in [0.5, 0.6) is 0 Å². The van der Waals surface area contributed by atoms with E-state index in [9.17, 15) is 4.79 Å². The molecule has 0 saturated heterocycles. The molecule has 4 nitrogen and oxygen atoms in total. The number of ether oxygens (including phenoxy) is 1. The lowest BCUT2D eigenvalue weighted by Gasteiger charge is -2.07. The van der Waals surface area contributed by atoms with Crippen LogP contribution >= 0.6 is 0 Å². The topological polar surface area (TPSA) is 38.8 Å². The van der Waals surface area contributed by atoms with Gasteiger partial charge in [-0.25, -0.2) is 4.79 Å². The molecule has 0 aliphatic heterocycles. The molecule has 0 aromatic carbocycles.